The summed E-state index contributed by atoms with van der Waals surface area (Å²) in [7, 11) is -3.36. The molecule has 3 rings (SSSR count). The summed E-state index contributed by atoms with van der Waals surface area (Å²) in [5.41, 5.74) is 0.736. The highest BCUT2D eigenvalue weighted by atomic mass is 32.2. The first kappa shape index (κ1) is 19.8. The zero-order valence-electron chi connectivity index (χ0n) is 15.5. The van der Waals surface area contributed by atoms with Crippen LogP contribution in [0.1, 0.15) is 12.5 Å². The number of benzene rings is 2. The Morgan fingerprint density at radius 3 is 2.29 bits per heavy atom. The van der Waals surface area contributed by atoms with Crippen LogP contribution in [0, 0.1) is 0 Å². The van der Waals surface area contributed by atoms with E-state index < -0.39 is 21.3 Å². The van der Waals surface area contributed by atoms with Gasteiger partial charge in [0.1, 0.15) is 0 Å². The van der Waals surface area contributed by atoms with Crippen molar-refractivity contribution in [2.75, 3.05) is 11.0 Å². The molecule has 0 amide bonds. The molecular formula is C20H21N3O4S. The van der Waals surface area contributed by atoms with E-state index in [0.29, 0.717) is 11.3 Å². The highest BCUT2D eigenvalue weighted by molar-refractivity contribution is 7.92. The number of aromatic nitrogens is 2. The minimum Gasteiger partial charge on any atom is -0.369 e. The maximum atomic E-state index is 12.5. The Bertz CT molecular complexity index is 1120. The van der Waals surface area contributed by atoms with Crippen molar-refractivity contribution in [1.82, 2.24) is 9.78 Å². The molecule has 28 heavy (non-hydrogen) atoms. The zero-order chi connectivity index (χ0) is 20.4. The summed E-state index contributed by atoms with van der Waals surface area (Å²) in [6, 6.07) is 17.4. The van der Waals surface area contributed by atoms with Crippen LogP contribution in [0.4, 0.5) is 5.69 Å². The van der Waals surface area contributed by atoms with Crippen molar-refractivity contribution in [3.63, 3.8) is 0 Å². The van der Waals surface area contributed by atoms with Gasteiger partial charge in [0.15, 0.2) is 5.72 Å². The molecule has 0 aliphatic heterocycles. The van der Waals surface area contributed by atoms with Crippen molar-refractivity contribution in [2.24, 2.45) is 0 Å². The molecule has 146 valence electrons. The number of hydrogen-bond donors (Lipinski definition) is 2. The lowest BCUT2D eigenvalue weighted by Crippen LogP contribution is -2.41. The van der Waals surface area contributed by atoms with Gasteiger partial charge >= 0.3 is 0 Å². The molecule has 1 atom stereocenters. The molecule has 0 aliphatic rings. The highest BCUT2D eigenvalue weighted by Crippen LogP contribution is 2.20. The maximum Gasteiger partial charge on any atom is 0.270 e. The second-order valence-corrected chi connectivity index (χ2v) is 8.57. The monoisotopic (exact) mass is 399 g/mol. The Morgan fingerprint density at radius 1 is 1.07 bits per heavy atom. The fraction of sp³-hybridized carbons (Fsp3) is 0.200. The number of rotatable bonds is 6. The molecule has 0 bridgehead atoms. The summed E-state index contributed by atoms with van der Waals surface area (Å²) in [6.07, 6.45) is 2.75. The molecular weight excluding hydrogens is 378 g/mol. The number of sulfonamides is 1. The van der Waals surface area contributed by atoms with E-state index in [9.17, 15) is 18.3 Å². The van der Waals surface area contributed by atoms with Gasteiger partial charge in [-0.25, -0.2) is 8.42 Å². The van der Waals surface area contributed by atoms with Gasteiger partial charge < -0.3 is 5.11 Å². The molecule has 0 spiro atoms. The van der Waals surface area contributed by atoms with Gasteiger partial charge in [0.05, 0.1) is 12.5 Å². The molecule has 0 fully saturated rings. The van der Waals surface area contributed by atoms with E-state index in [2.05, 4.69) is 9.82 Å². The summed E-state index contributed by atoms with van der Waals surface area (Å²) in [5.74, 6) is 0. The fourth-order valence-corrected chi connectivity index (χ4v) is 3.49. The van der Waals surface area contributed by atoms with Gasteiger partial charge in [-0.15, -0.1) is 0 Å². The summed E-state index contributed by atoms with van der Waals surface area (Å²) < 4.78 is 26.0. The number of hydrogen-bond acceptors (Lipinski definition) is 5. The van der Waals surface area contributed by atoms with E-state index >= 15 is 0 Å². The van der Waals surface area contributed by atoms with Crippen molar-refractivity contribution >= 4 is 15.7 Å². The van der Waals surface area contributed by atoms with Crippen molar-refractivity contribution in [1.29, 1.82) is 0 Å². The third kappa shape index (κ3) is 4.85. The Labute approximate surface area is 163 Å². The molecule has 1 heterocycles. The van der Waals surface area contributed by atoms with Gasteiger partial charge in [-0.2, -0.15) is 9.78 Å². The van der Waals surface area contributed by atoms with Gasteiger partial charge in [0, 0.05) is 23.7 Å². The smallest absolute Gasteiger partial charge is 0.270 e. The number of anilines is 1. The van der Waals surface area contributed by atoms with Crippen LogP contribution in [-0.4, -0.2) is 29.6 Å². The largest absolute Gasteiger partial charge is 0.369 e. The standard InChI is InChI=1S/C20H21N3O4S/c1-20(25,13-15-8-10-18(11-9-15)22-28(2,26)27)23-19(24)12-17(14-21-23)16-6-4-3-5-7-16/h3-12,14,22,25H,13H2,1-2H3. The Hall–Kier alpha value is -2.97. The Balaban J connectivity index is 1.82. The van der Waals surface area contributed by atoms with Gasteiger partial charge in [-0.1, -0.05) is 42.5 Å². The van der Waals surface area contributed by atoms with Gasteiger partial charge in [0.25, 0.3) is 5.56 Å². The van der Waals surface area contributed by atoms with E-state index in [4.69, 9.17) is 0 Å². The maximum absolute atomic E-state index is 12.5. The summed E-state index contributed by atoms with van der Waals surface area (Å²) in [5, 5.41) is 15.0. The summed E-state index contributed by atoms with van der Waals surface area (Å²) >= 11 is 0. The molecule has 1 unspecified atom stereocenters. The lowest BCUT2D eigenvalue weighted by Gasteiger charge is -2.25. The molecule has 0 radical (unpaired) electrons. The predicted molar refractivity (Wildman–Crippen MR) is 108 cm³/mol. The molecule has 2 N–H and O–H groups in total. The average Bonchev–Trinajstić information content (AvgIpc) is 2.62. The molecule has 8 heteroatoms. The predicted octanol–water partition coefficient (Wildman–Crippen LogP) is 2.19. The summed E-state index contributed by atoms with van der Waals surface area (Å²) in [6.45, 7) is 1.51. The van der Waals surface area contributed by atoms with Crippen LogP contribution in [0.2, 0.25) is 0 Å². The van der Waals surface area contributed by atoms with E-state index in [1.54, 1.807) is 30.5 Å². The highest BCUT2D eigenvalue weighted by Gasteiger charge is 2.26. The Morgan fingerprint density at radius 2 is 1.71 bits per heavy atom. The molecule has 0 saturated carbocycles. The Kier molecular flexibility index (Phi) is 5.35. The van der Waals surface area contributed by atoms with E-state index in [1.807, 2.05) is 30.3 Å². The van der Waals surface area contributed by atoms with E-state index in [-0.39, 0.29) is 6.42 Å². The van der Waals surface area contributed by atoms with Crippen LogP contribution >= 0.6 is 0 Å². The molecule has 0 aliphatic carbocycles. The topological polar surface area (TPSA) is 101 Å². The van der Waals surface area contributed by atoms with Gasteiger partial charge in [-0.3, -0.25) is 9.52 Å². The van der Waals surface area contributed by atoms with Crippen LogP contribution in [-0.2, 0) is 22.2 Å². The second kappa shape index (κ2) is 7.57. The molecule has 1 aromatic heterocycles. The van der Waals surface area contributed by atoms with Crippen LogP contribution < -0.4 is 10.3 Å². The second-order valence-electron chi connectivity index (χ2n) is 6.83. The van der Waals surface area contributed by atoms with Crippen molar-refractivity contribution < 1.29 is 13.5 Å². The summed E-state index contributed by atoms with van der Waals surface area (Å²) in [4.78, 5) is 12.5. The van der Waals surface area contributed by atoms with Crippen molar-refractivity contribution in [3.8, 4) is 11.1 Å². The molecule has 7 nitrogen and oxygen atoms in total. The van der Waals surface area contributed by atoms with Crippen LogP contribution in [0.5, 0.6) is 0 Å². The van der Waals surface area contributed by atoms with Crippen LogP contribution in [0.25, 0.3) is 11.1 Å². The van der Waals surface area contributed by atoms with Crippen molar-refractivity contribution in [2.45, 2.75) is 19.1 Å². The molecule has 2 aromatic carbocycles. The van der Waals surface area contributed by atoms with Gasteiger partial charge in [0.2, 0.25) is 10.0 Å². The lowest BCUT2D eigenvalue weighted by molar-refractivity contribution is -0.0340. The third-order valence-corrected chi connectivity index (χ3v) is 4.77. The minimum absolute atomic E-state index is 0.129. The van der Waals surface area contributed by atoms with Gasteiger partial charge in [-0.05, 0) is 30.2 Å². The number of nitrogens with one attached hydrogen (secondary N) is 1. The zero-order valence-corrected chi connectivity index (χ0v) is 16.3. The van der Waals surface area contributed by atoms with E-state index in [1.165, 1.54) is 13.0 Å². The number of aliphatic hydroxyl groups is 1. The molecule has 3 aromatic rings. The average molecular weight is 399 g/mol. The normalized spacial score (nSPS) is 13.7. The van der Waals surface area contributed by atoms with E-state index in [0.717, 1.165) is 22.1 Å². The quantitative estimate of drug-likeness (QED) is 0.662. The molecule has 0 saturated heterocycles. The third-order valence-electron chi connectivity index (χ3n) is 4.16. The number of nitrogens with zero attached hydrogens (tertiary/aromatic N) is 2. The first-order chi connectivity index (χ1) is 13.1. The van der Waals surface area contributed by atoms with Crippen LogP contribution in [0.3, 0.4) is 0 Å². The van der Waals surface area contributed by atoms with Crippen LogP contribution in [0.15, 0.2) is 71.7 Å². The SMILES string of the molecule is CC(O)(Cc1ccc(NS(C)(=O)=O)cc1)n1ncc(-c2ccccc2)cc1=O. The minimum atomic E-state index is -3.36. The first-order valence-corrected chi connectivity index (χ1v) is 10.5. The first-order valence-electron chi connectivity index (χ1n) is 8.58. The lowest BCUT2D eigenvalue weighted by atomic mass is 10.0. The van der Waals surface area contributed by atoms with Crippen molar-refractivity contribution in [3.05, 3.63) is 82.8 Å². The fourth-order valence-electron chi connectivity index (χ4n) is 2.92.